The van der Waals surface area contributed by atoms with Gasteiger partial charge >= 0.3 is 12.4 Å². The van der Waals surface area contributed by atoms with E-state index in [1.807, 2.05) is 0 Å². The maximum atomic E-state index is 13.0. The van der Waals surface area contributed by atoms with Crippen LogP contribution in [0, 0.1) is 0 Å². The number of nitrogens with zero attached hydrogens (tertiary/aromatic N) is 3. The SMILES string of the molecule is CC1C(=O)N(c2ccc(OC(F)(F)F)cc2)C(=O)N1Cc1ccnc2cc(N)ccc12. The number of carbonyl (C=O) groups is 2. The molecule has 0 spiro atoms. The van der Waals surface area contributed by atoms with Gasteiger partial charge in [0.2, 0.25) is 0 Å². The lowest BCUT2D eigenvalue weighted by Gasteiger charge is -2.20. The van der Waals surface area contributed by atoms with Crippen LogP contribution < -0.4 is 15.4 Å². The molecule has 0 radical (unpaired) electrons. The molecule has 0 saturated carbocycles. The summed E-state index contributed by atoms with van der Waals surface area (Å²) in [7, 11) is 0. The number of amides is 3. The Labute approximate surface area is 174 Å². The number of rotatable bonds is 4. The Morgan fingerprint density at radius 1 is 1.10 bits per heavy atom. The Kier molecular flexibility index (Phi) is 4.92. The lowest BCUT2D eigenvalue weighted by molar-refractivity contribution is -0.274. The number of hydrogen-bond donors (Lipinski definition) is 1. The van der Waals surface area contributed by atoms with Crippen LogP contribution in [-0.2, 0) is 11.3 Å². The zero-order chi connectivity index (χ0) is 22.3. The first-order chi connectivity index (χ1) is 14.6. The molecule has 2 heterocycles. The zero-order valence-electron chi connectivity index (χ0n) is 16.3. The molecule has 2 aromatic carbocycles. The smallest absolute Gasteiger partial charge is 0.406 e. The molecule has 3 amide bonds. The lowest BCUT2D eigenvalue weighted by atomic mass is 10.1. The minimum atomic E-state index is -4.83. The molecule has 1 saturated heterocycles. The molecule has 1 aromatic heterocycles. The van der Waals surface area contributed by atoms with E-state index >= 15 is 0 Å². The Hall–Kier alpha value is -3.82. The van der Waals surface area contributed by atoms with Crippen molar-refractivity contribution >= 4 is 34.2 Å². The number of nitrogen functional groups attached to an aromatic ring is 1. The average molecular weight is 430 g/mol. The molecule has 1 aliphatic heterocycles. The summed E-state index contributed by atoms with van der Waals surface area (Å²) >= 11 is 0. The monoisotopic (exact) mass is 430 g/mol. The third-order valence-corrected chi connectivity index (χ3v) is 5.01. The second-order valence-corrected chi connectivity index (χ2v) is 7.05. The number of hydrogen-bond acceptors (Lipinski definition) is 5. The van der Waals surface area contributed by atoms with Crippen LogP contribution in [0.5, 0.6) is 5.75 Å². The van der Waals surface area contributed by atoms with Crippen molar-refractivity contribution in [1.82, 2.24) is 9.88 Å². The van der Waals surface area contributed by atoms with Crippen LogP contribution in [0.1, 0.15) is 12.5 Å². The van der Waals surface area contributed by atoms with E-state index in [9.17, 15) is 22.8 Å². The van der Waals surface area contributed by atoms with Crippen LogP contribution in [0.2, 0.25) is 0 Å². The van der Waals surface area contributed by atoms with Gasteiger partial charge in [-0.2, -0.15) is 0 Å². The maximum absolute atomic E-state index is 13.0. The number of halogens is 3. The number of nitrogens with two attached hydrogens (primary N) is 1. The molecule has 31 heavy (non-hydrogen) atoms. The lowest BCUT2D eigenvalue weighted by Crippen LogP contribution is -2.33. The standard InChI is InChI=1S/C21H17F3N4O3/c1-12-19(29)28(15-3-5-16(6-4-15)31-21(22,23)24)20(30)27(12)11-13-8-9-26-18-10-14(25)2-7-17(13)18/h2-10,12H,11,25H2,1H3. The van der Waals surface area contributed by atoms with Gasteiger partial charge in [0.25, 0.3) is 5.91 Å². The number of ether oxygens (including phenoxy) is 1. The van der Waals surface area contributed by atoms with E-state index in [1.54, 1.807) is 37.4 Å². The molecule has 2 N–H and O–H groups in total. The van der Waals surface area contributed by atoms with Crippen molar-refractivity contribution in [3.63, 3.8) is 0 Å². The van der Waals surface area contributed by atoms with Crippen molar-refractivity contribution in [2.45, 2.75) is 25.9 Å². The van der Waals surface area contributed by atoms with Crippen molar-refractivity contribution < 1.29 is 27.5 Å². The van der Waals surface area contributed by atoms with Gasteiger partial charge in [-0.25, -0.2) is 9.69 Å². The third kappa shape index (κ3) is 3.96. The molecule has 4 rings (SSSR count). The molecule has 0 aliphatic carbocycles. The third-order valence-electron chi connectivity index (χ3n) is 5.01. The molecule has 1 fully saturated rings. The number of benzene rings is 2. The van der Waals surface area contributed by atoms with Gasteiger partial charge in [0.05, 0.1) is 11.2 Å². The molecule has 3 aromatic rings. The first-order valence-corrected chi connectivity index (χ1v) is 9.27. The van der Waals surface area contributed by atoms with Crippen molar-refractivity contribution in [1.29, 1.82) is 0 Å². The van der Waals surface area contributed by atoms with Crippen LogP contribution in [0.3, 0.4) is 0 Å². The van der Waals surface area contributed by atoms with Gasteiger partial charge in [0.1, 0.15) is 11.8 Å². The fraction of sp³-hybridized carbons (Fsp3) is 0.190. The fourth-order valence-electron chi connectivity index (χ4n) is 3.49. The molecule has 1 aliphatic rings. The largest absolute Gasteiger partial charge is 0.573 e. The van der Waals surface area contributed by atoms with E-state index in [0.29, 0.717) is 11.2 Å². The van der Waals surface area contributed by atoms with Crippen molar-refractivity contribution in [2.75, 3.05) is 10.6 Å². The van der Waals surface area contributed by atoms with Crippen LogP contribution in [-0.4, -0.2) is 34.2 Å². The minimum absolute atomic E-state index is 0.153. The highest BCUT2D eigenvalue weighted by Gasteiger charge is 2.43. The Bertz CT molecular complexity index is 1160. The van der Waals surface area contributed by atoms with E-state index in [2.05, 4.69) is 9.72 Å². The van der Waals surface area contributed by atoms with Gasteiger partial charge in [-0.1, -0.05) is 6.07 Å². The van der Waals surface area contributed by atoms with E-state index in [1.165, 1.54) is 17.0 Å². The number of fused-ring (bicyclic) bond motifs is 1. The summed E-state index contributed by atoms with van der Waals surface area (Å²) in [4.78, 5) is 32.4. The molecule has 1 atom stereocenters. The minimum Gasteiger partial charge on any atom is -0.406 e. The fourth-order valence-corrected chi connectivity index (χ4v) is 3.49. The van der Waals surface area contributed by atoms with Crippen LogP contribution >= 0.6 is 0 Å². The molecular weight excluding hydrogens is 413 g/mol. The second kappa shape index (κ2) is 7.46. The number of carbonyl (C=O) groups excluding carboxylic acids is 2. The normalized spacial score (nSPS) is 17.0. The number of pyridine rings is 1. The number of alkyl halides is 3. The number of imide groups is 1. The Balaban J connectivity index is 1.60. The van der Waals surface area contributed by atoms with Crippen LogP contribution in [0.4, 0.5) is 29.3 Å². The van der Waals surface area contributed by atoms with Gasteiger partial charge in [-0.05, 0) is 55.0 Å². The molecule has 0 bridgehead atoms. The van der Waals surface area contributed by atoms with Crippen LogP contribution in [0.15, 0.2) is 54.7 Å². The van der Waals surface area contributed by atoms with Gasteiger partial charge in [0.15, 0.2) is 0 Å². The molecule has 1 unspecified atom stereocenters. The van der Waals surface area contributed by atoms with Crippen molar-refractivity contribution in [2.24, 2.45) is 0 Å². The highest BCUT2D eigenvalue weighted by molar-refractivity contribution is 6.21. The van der Waals surface area contributed by atoms with E-state index < -0.39 is 30.1 Å². The van der Waals surface area contributed by atoms with Gasteiger partial charge < -0.3 is 15.4 Å². The first-order valence-electron chi connectivity index (χ1n) is 9.27. The topological polar surface area (TPSA) is 88.8 Å². The predicted octanol–water partition coefficient (Wildman–Crippen LogP) is 4.07. The maximum Gasteiger partial charge on any atom is 0.573 e. The number of urea groups is 1. The van der Waals surface area contributed by atoms with E-state index in [-0.39, 0.29) is 12.2 Å². The summed E-state index contributed by atoms with van der Waals surface area (Å²) in [5.74, 6) is -0.917. The van der Waals surface area contributed by atoms with Crippen LogP contribution in [0.25, 0.3) is 10.9 Å². The zero-order valence-corrected chi connectivity index (χ0v) is 16.3. The molecule has 7 nitrogen and oxygen atoms in total. The summed E-state index contributed by atoms with van der Waals surface area (Å²) in [6, 6.07) is 10.3. The highest BCUT2D eigenvalue weighted by atomic mass is 19.4. The summed E-state index contributed by atoms with van der Waals surface area (Å²) < 4.78 is 40.9. The summed E-state index contributed by atoms with van der Waals surface area (Å²) in [6.45, 7) is 1.75. The summed E-state index contributed by atoms with van der Waals surface area (Å²) in [5, 5.41) is 0.802. The van der Waals surface area contributed by atoms with E-state index in [0.717, 1.165) is 28.0 Å². The van der Waals surface area contributed by atoms with Crippen molar-refractivity contribution in [3.8, 4) is 5.75 Å². The molecule has 160 valence electrons. The molecule has 10 heteroatoms. The predicted molar refractivity (Wildman–Crippen MR) is 107 cm³/mol. The van der Waals surface area contributed by atoms with Gasteiger partial charge in [-0.15, -0.1) is 13.2 Å². The number of anilines is 2. The highest BCUT2D eigenvalue weighted by Crippen LogP contribution is 2.31. The Morgan fingerprint density at radius 2 is 1.81 bits per heavy atom. The Morgan fingerprint density at radius 3 is 2.48 bits per heavy atom. The van der Waals surface area contributed by atoms with E-state index in [4.69, 9.17) is 5.73 Å². The second-order valence-electron chi connectivity index (χ2n) is 7.05. The van der Waals surface area contributed by atoms with Crippen molar-refractivity contribution in [3.05, 3.63) is 60.3 Å². The van der Waals surface area contributed by atoms with Gasteiger partial charge in [-0.3, -0.25) is 9.78 Å². The van der Waals surface area contributed by atoms with Gasteiger partial charge in [0, 0.05) is 23.8 Å². The quantitative estimate of drug-likeness (QED) is 0.498. The first kappa shape index (κ1) is 20.5. The molecular formula is C21H17F3N4O3. The summed E-state index contributed by atoms with van der Waals surface area (Å²) in [6.07, 6.45) is -3.23. The number of aromatic nitrogens is 1. The summed E-state index contributed by atoms with van der Waals surface area (Å²) in [5.41, 5.74) is 7.97. The average Bonchev–Trinajstić information content (AvgIpc) is 2.91.